The summed E-state index contributed by atoms with van der Waals surface area (Å²) in [6.07, 6.45) is 1.77. The predicted molar refractivity (Wildman–Crippen MR) is 57.2 cm³/mol. The second-order valence-corrected chi connectivity index (χ2v) is 3.31. The van der Waals surface area contributed by atoms with Crippen LogP contribution in [0.5, 0.6) is 0 Å². The van der Waals surface area contributed by atoms with E-state index in [0.29, 0.717) is 12.3 Å². The van der Waals surface area contributed by atoms with Gasteiger partial charge in [0.25, 0.3) is 0 Å². The lowest BCUT2D eigenvalue weighted by Gasteiger charge is -2.12. The highest BCUT2D eigenvalue weighted by Crippen LogP contribution is 2.15. The van der Waals surface area contributed by atoms with Crippen molar-refractivity contribution in [3.63, 3.8) is 0 Å². The minimum Gasteiger partial charge on any atom is -0.394 e. The molecule has 0 aliphatic carbocycles. The summed E-state index contributed by atoms with van der Waals surface area (Å²) < 4.78 is 6.96. The summed E-state index contributed by atoms with van der Waals surface area (Å²) in [5.74, 6) is 0.722. The SMILES string of the molecule is CCOCC(C)Nc1nn(C)cc1N. The van der Waals surface area contributed by atoms with E-state index < -0.39 is 0 Å². The Kier molecular flexibility index (Phi) is 3.76. The molecule has 1 atom stereocenters. The highest BCUT2D eigenvalue weighted by molar-refractivity contribution is 5.60. The van der Waals surface area contributed by atoms with E-state index in [1.165, 1.54) is 0 Å². The number of aromatic nitrogens is 2. The Hall–Kier alpha value is -1.23. The Bertz CT molecular complexity index is 284. The summed E-state index contributed by atoms with van der Waals surface area (Å²) in [5, 5.41) is 7.37. The van der Waals surface area contributed by atoms with Crippen LogP contribution in [-0.4, -0.2) is 29.0 Å². The Morgan fingerprint density at radius 3 is 2.93 bits per heavy atom. The van der Waals surface area contributed by atoms with Gasteiger partial charge in [0.15, 0.2) is 5.82 Å². The maximum Gasteiger partial charge on any atom is 0.171 e. The molecule has 5 nitrogen and oxygen atoms in total. The maximum absolute atomic E-state index is 5.73. The first kappa shape index (κ1) is 10.8. The molecule has 0 saturated carbocycles. The van der Waals surface area contributed by atoms with Gasteiger partial charge in [0.05, 0.1) is 12.3 Å². The first-order valence-electron chi connectivity index (χ1n) is 4.77. The number of nitrogens with one attached hydrogen (secondary N) is 1. The van der Waals surface area contributed by atoms with Crippen molar-refractivity contribution in [3.05, 3.63) is 6.20 Å². The smallest absolute Gasteiger partial charge is 0.171 e. The van der Waals surface area contributed by atoms with Gasteiger partial charge < -0.3 is 15.8 Å². The molecule has 3 N–H and O–H groups in total. The van der Waals surface area contributed by atoms with Gasteiger partial charge >= 0.3 is 0 Å². The van der Waals surface area contributed by atoms with Crippen molar-refractivity contribution in [2.75, 3.05) is 24.3 Å². The fourth-order valence-corrected chi connectivity index (χ4v) is 1.19. The van der Waals surface area contributed by atoms with Gasteiger partial charge in [-0.2, -0.15) is 5.10 Å². The Morgan fingerprint density at radius 1 is 1.71 bits per heavy atom. The number of hydrogen-bond acceptors (Lipinski definition) is 4. The lowest BCUT2D eigenvalue weighted by molar-refractivity contribution is 0.141. The topological polar surface area (TPSA) is 65.1 Å². The highest BCUT2D eigenvalue weighted by atomic mass is 16.5. The van der Waals surface area contributed by atoms with Gasteiger partial charge in [0.1, 0.15) is 0 Å². The number of nitrogens with zero attached hydrogens (tertiary/aromatic N) is 2. The fraction of sp³-hybridized carbons (Fsp3) is 0.667. The molecule has 0 bridgehead atoms. The number of rotatable bonds is 5. The zero-order chi connectivity index (χ0) is 10.6. The summed E-state index contributed by atoms with van der Waals surface area (Å²) in [4.78, 5) is 0. The van der Waals surface area contributed by atoms with Crippen molar-refractivity contribution in [2.24, 2.45) is 7.05 Å². The summed E-state index contributed by atoms with van der Waals surface area (Å²) in [6, 6.07) is 0.215. The van der Waals surface area contributed by atoms with Gasteiger partial charge in [-0.15, -0.1) is 0 Å². The zero-order valence-electron chi connectivity index (χ0n) is 8.95. The van der Waals surface area contributed by atoms with Gasteiger partial charge in [0, 0.05) is 25.9 Å². The molecule has 0 radical (unpaired) electrons. The van der Waals surface area contributed by atoms with E-state index >= 15 is 0 Å². The second-order valence-electron chi connectivity index (χ2n) is 3.31. The van der Waals surface area contributed by atoms with Crippen LogP contribution in [0.4, 0.5) is 11.5 Å². The lowest BCUT2D eigenvalue weighted by Crippen LogP contribution is -2.22. The van der Waals surface area contributed by atoms with Crippen molar-refractivity contribution < 1.29 is 4.74 Å². The van der Waals surface area contributed by atoms with E-state index in [1.54, 1.807) is 10.9 Å². The van der Waals surface area contributed by atoms with Gasteiger partial charge in [0.2, 0.25) is 0 Å². The average molecular weight is 198 g/mol. The van der Waals surface area contributed by atoms with Gasteiger partial charge in [-0.1, -0.05) is 0 Å². The van der Waals surface area contributed by atoms with Gasteiger partial charge in [-0.3, -0.25) is 4.68 Å². The minimum absolute atomic E-state index is 0.215. The lowest BCUT2D eigenvalue weighted by atomic mass is 10.3. The molecule has 0 aromatic carbocycles. The first-order valence-corrected chi connectivity index (χ1v) is 4.77. The van der Waals surface area contributed by atoms with E-state index in [1.807, 2.05) is 20.9 Å². The van der Waals surface area contributed by atoms with Gasteiger partial charge in [-0.25, -0.2) is 0 Å². The molecule has 1 unspecified atom stereocenters. The molecule has 0 aliphatic heterocycles. The quantitative estimate of drug-likeness (QED) is 0.735. The van der Waals surface area contributed by atoms with Crippen LogP contribution in [0, 0.1) is 0 Å². The number of ether oxygens (including phenoxy) is 1. The van der Waals surface area contributed by atoms with Crippen molar-refractivity contribution in [1.82, 2.24) is 9.78 Å². The Balaban J connectivity index is 2.47. The average Bonchev–Trinajstić information content (AvgIpc) is 2.42. The molecular weight excluding hydrogens is 180 g/mol. The molecule has 5 heteroatoms. The largest absolute Gasteiger partial charge is 0.394 e. The first-order chi connectivity index (χ1) is 6.63. The summed E-state index contributed by atoms with van der Waals surface area (Å²) in [6.45, 7) is 5.39. The third-order valence-electron chi connectivity index (χ3n) is 1.81. The van der Waals surface area contributed by atoms with Crippen LogP contribution < -0.4 is 11.1 Å². The van der Waals surface area contributed by atoms with Crippen LogP contribution >= 0.6 is 0 Å². The van der Waals surface area contributed by atoms with Crippen molar-refractivity contribution in [3.8, 4) is 0 Å². The third-order valence-corrected chi connectivity index (χ3v) is 1.81. The fourth-order valence-electron chi connectivity index (χ4n) is 1.19. The molecule has 0 aliphatic rings. The van der Waals surface area contributed by atoms with E-state index in [-0.39, 0.29) is 6.04 Å². The Labute approximate surface area is 84.2 Å². The molecule has 1 rings (SSSR count). The summed E-state index contributed by atoms with van der Waals surface area (Å²) >= 11 is 0. The molecule has 0 saturated heterocycles. The molecule has 14 heavy (non-hydrogen) atoms. The highest BCUT2D eigenvalue weighted by Gasteiger charge is 2.07. The third kappa shape index (κ3) is 2.92. The number of aryl methyl sites for hydroxylation is 1. The van der Waals surface area contributed by atoms with E-state index in [9.17, 15) is 0 Å². The minimum atomic E-state index is 0.215. The standard InChI is InChI=1S/C9H18N4O/c1-4-14-6-7(2)11-9-8(10)5-13(3)12-9/h5,7H,4,6,10H2,1-3H3,(H,11,12). The summed E-state index contributed by atoms with van der Waals surface area (Å²) in [7, 11) is 1.84. The molecule has 1 aromatic rings. The van der Waals surface area contributed by atoms with Crippen LogP contribution in [0.15, 0.2) is 6.20 Å². The molecule has 1 heterocycles. The second kappa shape index (κ2) is 4.85. The normalized spacial score (nSPS) is 12.8. The van der Waals surface area contributed by atoms with Crippen LogP contribution in [-0.2, 0) is 11.8 Å². The molecular formula is C9H18N4O. The predicted octanol–water partition coefficient (Wildman–Crippen LogP) is 0.839. The van der Waals surface area contributed by atoms with Crippen molar-refractivity contribution in [1.29, 1.82) is 0 Å². The number of anilines is 2. The monoisotopic (exact) mass is 198 g/mol. The molecule has 0 spiro atoms. The van der Waals surface area contributed by atoms with E-state index in [4.69, 9.17) is 10.5 Å². The number of nitrogen functional groups attached to an aromatic ring is 1. The molecule has 1 aromatic heterocycles. The van der Waals surface area contributed by atoms with Crippen LogP contribution in [0.25, 0.3) is 0 Å². The van der Waals surface area contributed by atoms with Crippen molar-refractivity contribution in [2.45, 2.75) is 19.9 Å². The molecule has 0 fully saturated rings. The summed E-state index contributed by atoms with van der Waals surface area (Å²) in [5.41, 5.74) is 6.39. The van der Waals surface area contributed by atoms with Crippen molar-refractivity contribution >= 4 is 11.5 Å². The maximum atomic E-state index is 5.73. The van der Waals surface area contributed by atoms with Gasteiger partial charge in [-0.05, 0) is 13.8 Å². The number of nitrogens with two attached hydrogens (primary N) is 1. The van der Waals surface area contributed by atoms with E-state index in [0.717, 1.165) is 12.4 Å². The van der Waals surface area contributed by atoms with Crippen LogP contribution in [0.1, 0.15) is 13.8 Å². The molecule has 0 amide bonds. The molecule has 80 valence electrons. The van der Waals surface area contributed by atoms with Crippen LogP contribution in [0.3, 0.4) is 0 Å². The zero-order valence-corrected chi connectivity index (χ0v) is 8.95. The van der Waals surface area contributed by atoms with E-state index in [2.05, 4.69) is 10.4 Å². The Morgan fingerprint density at radius 2 is 2.43 bits per heavy atom. The number of hydrogen-bond donors (Lipinski definition) is 2. The van der Waals surface area contributed by atoms with Crippen LogP contribution in [0.2, 0.25) is 0 Å².